The zero-order chi connectivity index (χ0) is 23.9. The molecule has 0 bridgehead atoms. The van der Waals surface area contributed by atoms with Gasteiger partial charge >= 0.3 is 5.97 Å². The van der Waals surface area contributed by atoms with Crippen LogP contribution >= 0.6 is 11.6 Å². The van der Waals surface area contributed by atoms with E-state index in [0.29, 0.717) is 11.1 Å². The molecule has 2 aromatic carbocycles. The lowest BCUT2D eigenvalue weighted by atomic mass is 9.95. The molecule has 0 aromatic heterocycles. The van der Waals surface area contributed by atoms with E-state index in [1.165, 1.54) is 17.2 Å². The highest BCUT2D eigenvalue weighted by molar-refractivity contribution is 6.31. The van der Waals surface area contributed by atoms with Gasteiger partial charge in [-0.1, -0.05) is 41.9 Å². The topological polar surface area (TPSA) is 90.9 Å². The molecule has 7 nitrogen and oxygen atoms in total. The lowest BCUT2D eigenvalue weighted by Gasteiger charge is -2.23. The number of rotatable bonds is 7. The van der Waals surface area contributed by atoms with Gasteiger partial charge in [-0.05, 0) is 55.2 Å². The van der Waals surface area contributed by atoms with Crippen LogP contribution in [0.1, 0.15) is 43.5 Å². The Labute approximate surface area is 196 Å². The van der Waals surface area contributed by atoms with Crippen LogP contribution in [0.4, 0.5) is 10.1 Å². The second-order valence-corrected chi connectivity index (χ2v) is 9.37. The number of carboxylic acids is 1. The van der Waals surface area contributed by atoms with Gasteiger partial charge in [0.05, 0.1) is 36.2 Å². The van der Waals surface area contributed by atoms with E-state index in [4.69, 9.17) is 16.4 Å². The number of nitrogens with zero attached hydrogens (tertiary/aromatic N) is 1. The number of amides is 1. The SMILES string of the molecule is CC(C(=O)O)C1=Cc2ccccc2C1NNc1cc(CN2OCC(C)(C)C2=O)c(Cl)cc1F. The maximum absolute atomic E-state index is 14.7. The predicted molar refractivity (Wildman–Crippen MR) is 122 cm³/mol. The molecule has 1 fully saturated rings. The van der Waals surface area contributed by atoms with Crippen LogP contribution in [0.3, 0.4) is 0 Å². The maximum Gasteiger partial charge on any atom is 0.310 e. The number of hydrogen-bond donors (Lipinski definition) is 3. The Morgan fingerprint density at radius 2 is 2.09 bits per heavy atom. The third kappa shape index (κ3) is 4.46. The van der Waals surface area contributed by atoms with Gasteiger partial charge in [0.25, 0.3) is 5.91 Å². The minimum Gasteiger partial charge on any atom is -0.481 e. The van der Waals surface area contributed by atoms with E-state index in [2.05, 4.69) is 10.9 Å². The van der Waals surface area contributed by atoms with E-state index in [-0.39, 0.29) is 29.8 Å². The Bertz CT molecular complexity index is 1150. The summed E-state index contributed by atoms with van der Waals surface area (Å²) >= 11 is 6.24. The van der Waals surface area contributed by atoms with Crippen LogP contribution in [0.5, 0.6) is 0 Å². The molecule has 2 aromatic rings. The molecule has 1 amide bonds. The molecule has 1 aliphatic carbocycles. The summed E-state index contributed by atoms with van der Waals surface area (Å²) in [5, 5.41) is 10.9. The van der Waals surface area contributed by atoms with E-state index < -0.39 is 29.2 Å². The summed E-state index contributed by atoms with van der Waals surface area (Å²) in [6.45, 7) is 5.53. The Morgan fingerprint density at radius 1 is 1.36 bits per heavy atom. The fourth-order valence-corrected chi connectivity index (χ4v) is 4.17. The van der Waals surface area contributed by atoms with Crippen LogP contribution < -0.4 is 10.9 Å². The summed E-state index contributed by atoms with van der Waals surface area (Å²) in [5.41, 5.74) is 8.39. The molecule has 9 heteroatoms. The van der Waals surface area contributed by atoms with Crippen molar-refractivity contribution >= 4 is 35.2 Å². The number of aliphatic carboxylic acids is 1. The lowest BCUT2D eigenvalue weighted by molar-refractivity contribution is -0.165. The molecule has 0 radical (unpaired) electrons. The third-order valence-corrected chi connectivity index (χ3v) is 6.37. The quantitative estimate of drug-likeness (QED) is 0.511. The first-order valence-electron chi connectivity index (χ1n) is 10.6. The summed E-state index contributed by atoms with van der Waals surface area (Å²) in [6.07, 6.45) is 1.84. The van der Waals surface area contributed by atoms with Crippen molar-refractivity contribution in [2.24, 2.45) is 11.3 Å². The highest BCUT2D eigenvalue weighted by Gasteiger charge is 2.40. The molecule has 33 heavy (non-hydrogen) atoms. The van der Waals surface area contributed by atoms with Gasteiger partial charge in [-0.25, -0.2) is 14.9 Å². The second kappa shape index (κ2) is 8.78. The van der Waals surface area contributed by atoms with Crippen LogP contribution in [0, 0.1) is 17.2 Å². The number of anilines is 1. The zero-order valence-electron chi connectivity index (χ0n) is 18.5. The molecule has 1 saturated heterocycles. The van der Waals surface area contributed by atoms with Crippen molar-refractivity contribution in [3.8, 4) is 0 Å². The van der Waals surface area contributed by atoms with Crippen LogP contribution in [0.15, 0.2) is 42.0 Å². The highest BCUT2D eigenvalue weighted by atomic mass is 35.5. The van der Waals surface area contributed by atoms with Gasteiger partial charge in [0.1, 0.15) is 5.82 Å². The van der Waals surface area contributed by atoms with Crippen LogP contribution in [-0.2, 0) is 21.0 Å². The number of fused-ring (bicyclic) bond motifs is 1. The number of hydroxylamine groups is 2. The van der Waals surface area contributed by atoms with Gasteiger partial charge in [-0.15, -0.1) is 0 Å². The number of carbonyl (C=O) groups is 2. The van der Waals surface area contributed by atoms with Crippen molar-refractivity contribution in [1.82, 2.24) is 10.5 Å². The lowest BCUT2D eigenvalue weighted by Crippen LogP contribution is -2.31. The molecular weight excluding hydrogens is 449 g/mol. The molecule has 174 valence electrons. The first-order chi connectivity index (χ1) is 15.6. The van der Waals surface area contributed by atoms with E-state index >= 15 is 0 Å². The number of hydrazine groups is 1. The van der Waals surface area contributed by atoms with E-state index in [1.807, 2.05) is 30.3 Å². The van der Waals surface area contributed by atoms with Crippen LogP contribution in [0.25, 0.3) is 6.08 Å². The fourth-order valence-electron chi connectivity index (χ4n) is 3.96. The number of benzene rings is 2. The largest absolute Gasteiger partial charge is 0.481 e. The second-order valence-electron chi connectivity index (χ2n) is 8.96. The first-order valence-corrected chi connectivity index (χ1v) is 10.9. The minimum absolute atomic E-state index is 0.0729. The maximum atomic E-state index is 14.7. The summed E-state index contributed by atoms with van der Waals surface area (Å²) in [6, 6.07) is 9.77. The summed E-state index contributed by atoms with van der Waals surface area (Å²) in [4.78, 5) is 29.6. The monoisotopic (exact) mass is 473 g/mol. The summed E-state index contributed by atoms with van der Waals surface area (Å²) < 4.78 is 14.7. The van der Waals surface area contributed by atoms with E-state index in [1.54, 1.807) is 20.8 Å². The number of nitrogens with one attached hydrogen (secondary N) is 2. The molecule has 2 atom stereocenters. The molecule has 1 heterocycles. The van der Waals surface area contributed by atoms with Crippen molar-refractivity contribution < 1.29 is 23.9 Å². The molecule has 1 aliphatic heterocycles. The summed E-state index contributed by atoms with van der Waals surface area (Å²) in [7, 11) is 0. The smallest absolute Gasteiger partial charge is 0.310 e. The van der Waals surface area contributed by atoms with Crippen molar-refractivity contribution in [1.29, 1.82) is 0 Å². The molecule has 2 aliphatic rings. The molecular formula is C24H25ClFN3O4. The van der Waals surface area contributed by atoms with E-state index in [9.17, 15) is 19.1 Å². The Morgan fingerprint density at radius 3 is 2.76 bits per heavy atom. The Kier molecular flexibility index (Phi) is 6.18. The average molecular weight is 474 g/mol. The molecule has 4 rings (SSSR count). The van der Waals surface area contributed by atoms with Crippen molar-refractivity contribution in [3.05, 3.63) is 69.5 Å². The Hall–Kier alpha value is -2.94. The summed E-state index contributed by atoms with van der Waals surface area (Å²) in [5.74, 6) is -2.44. The van der Waals surface area contributed by atoms with Crippen molar-refractivity contribution in [2.45, 2.75) is 33.4 Å². The fraction of sp³-hybridized carbons (Fsp3) is 0.333. The minimum atomic E-state index is -0.945. The van der Waals surface area contributed by atoms with Gasteiger partial charge < -0.3 is 10.5 Å². The standard InChI is InChI=1S/C24H25ClFN3O4/c1-13(22(30)31)17-8-14-6-4-5-7-16(14)21(17)28-27-20-9-15(18(25)10-19(20)26)11-29-23(32)24(2,3)12-33-29/h4-10,13,21,27-28H,11-12H2,1-3H3,(H,30,31). The average Bonchev–Trinajstić information content (AvgIpc) is 3.26. The predicted octanol–water partition coefficient (Wildman–Crippen LogP) is 4.55. The van der Waals surface area contributed by atoms with Gasteiger partial charge in [0, 0.05) is 5.02 Å². The van der Waals surface area contributed by atoms with E-state index in [0.717, 1.165) is 11.1 Å². The molecule has 0 saturated carbocycles. The molecule has 2 unspecified atom stereocenters. The first kappa shape index (κ1) is 23.2. The van der Waals surface area contributed by atoms with Gasteiger partial charge in [0.15, 0.2) is 0 Å². The van der Waals surface area contributed by atoms with Crippen molar-refractivity contribution in [2.75, 3.05) is 12.0 Å². The number of hydrogen-bond acceptors (Lipinski definition) is 5. The van der Waals surface area contributed by atoms with Crippen LogP contribution in [0.2, 0.25) is 5.02 Å². The zero-order valence-corrected chi connectivity index (χ0v) is 19.2. The van der Waals surface area contributed by atoms with Gasteiger partial charge in [-0.2, -0.15) is 0 Å². The van der Waals surface area contributed by atoms with Crippen molar-refractivity contribution in [3.63, 3.8) is 0 Å². The van der Waals surface area contributed by atoms with Gasteiger partial charge in [0.2, 0.25) is 0 Å². The Balaban J connectivity index is 1.55. The normalized spacial score (nSPS) is 19.9. The van der Waals surface area contributed by atoms with Gasteiger partial charge in [-0.3, -0.25) is 14.4 Å². The highest BCUT2D eigenvalue weighted by Crippen LogP contribution is 2.38. The number of carbonyl (C=O) groups excluding carboxylic acids is 1. The number of carboxylic acid groups (broad SMARTS) is 1. The third-order valence-electron chi connectivity index (χ3n) is 6.02. The number of halogens is 2. The van der Waals surface area contributed by atoms with Crippen LogP contribution in [-0.4, -0.2) is 28.7 Å². The molecule has 3 N–H and O–H groups in total. The molecule has 0 spiro atoms.